The minimum Gasteiger partial charge on any atom is -0.441 e. The van der Waals surface area contributed by atoms with Crippen molar-refractivity contribution in [1.82, 2.24) is 5.32 Å². The Hall–Kier alpha value is -1.59. The van der Waals surface area contributed by atoms with Crippen molar-refractivity contribution in [2.45, 2.75) is 24.9 Å². The molecule has 2 aliphatic rings. The van der Waals surface area contributed by atoms with Crippen molar-refractivity contribution in [3.05, 3.63) is 29.8 Å². The van der Waals surface area contributed by atoms with Crippen LogP contribution in [0.25, 0.3) is 0 Å². The van der Waals surface area contributed by atoms with E-state index in [4.69, 9.17) is 9.47 Å². The van der Waals surface area contributed by atoms with E-state index in [1.54, 1.807) is 12.0 Å². The smallest absolute Gasteiger partial charge is 0.414 e. The van der Waals surface area contributed by atoms with Gasteiger partial charge in [0.1, 0.15) is 6.10 Å². The Morgan fingerprint density at radius 3 is 2.67 bits per heavy atom. The summed E-state index contributed by atoms with van der Waals surface area (Å²) in [5.41, 5.74) is 2.26. The largest absolute Gasteiger partial charge is 0.441 e. The van der Waals surface area contributed by atoms with Crippen molar-refractivity contribution in [3.8, 4) is 0 Å². The van der Waals surface area contributed by atoms with E-state index >= 15 is 0 Å². The SMILES string of the molecule is COCC1CN(c2ccc(C3CCNCC3)cc2)C(=O)O1. The second kappa shape index (κ2) is 6.45. The molecule has 1 amide bonds. The summed E-state index contributed by atoms with van der Waals surface area (Å²) in [6, 6.07) is 8.33. The van der Waals surface area contributed by atoms with Crippen LogP contribution < -0.4 is 10.2 Å². The van der Waals surface area contributed by atoms with Gasteiger partial charge in [0, 0.05) is 12.8 Å². The maximum absolute atomic E-state index is 11.9. The van der Waals surface area contributed by atoms with Crippen molar-refractivity contribution < 1.29 is 14.3 Å². The fourth-order valence-electron chi connectivity index (χ4n) is 3.09. The highest BCUT2D eigenvalue weighted by Crippen LogP contribution is 2.28. The van der Waals surface area contributed by atoms with Gasteiger partial charge in [-0.3, -0.25) is 4.90 Å². The van der Waals surface area contributed by atoms with E-state index in [0.29, 0.717) is 19.1 Å². The van der Waals surface area contributed by atoms with Crippen LogP contribution in [-0.4, -0.2) is 45.5 Å². The van der Waals surface area contributed by atoms with E-state index in [1.807, 2.05) is 12.1 Å². The Bertz CT molecular complexity index is 483. The molecule has 0 bridgehead atoms. The topological polar surface area (TPSA) is 50.8 Å². The highest BCUT2D eigenvalue weighted by atomic mass is 16.6. The number of carbonyl (C=O) groups excluding carboxylic acids is 1. The molecule has 1 aromatic rings. The van der Waals surface area contributed by atoms with E-state index in [0.717, 1.165) is 18.8 Å². The van der Waals surface area contributed by atoms with Gasteiger partial charge in [-0.15, -0.1) is 0 Å². The van der Waals surface area contributed by atoms with E-state index < -0.39 is 0 Å². The van der Waals surface area contributed by atoms with Crippen LogP contribution in [-0.2, 0) is 9.47 Å². The van der Waals surface area contributed by atoms with Gasteiger partial charge in [-0.1, -0.05) is 12.1 Å². The summed E-state index contributed by atoms with van der Waals surface area (Å²) in [5.74, 6) is 0.632. The van der Waals surface area contributed by atoms with Gasteiger partial charge in [0.05, 0.1) is 13.2 Å². The Labute approximate surface area is 125 Å². The van der Waals surface area contributed by atoms with Crippen LogP contribution in [0.5, 0.6) is 0 Å². The van der Waals surface area contributed by atoms with Gasteiger partial charge >= 0.3 is 6.09 Å². The Morgan fingerprint density at radius 2 is 2.00 bits per heavy atom. The quantitative estimate of drug-likeness (QED) is 0.923. The number of nitrogens with one attached hydrogen (secondary N) is 1. The molecule has 5 heteroatoms. The summed E-state index contributed by atoms with van der Waals surface area (Å²) in [6.07, 6.45) is 1.90. The van der Waals surface area contributed by atoms with Crippen LogP contribution in [0.1, 0.15) is 24.3 Å². The first-order chi connectivity index (χ1) is 10.3. The summed E-state index contributed by atoms with van der Waals surface area (Å²) < 4.78 is 10.3. The van der Waals surface area contributed by atoms with Crippen molar-refractivity contribution in [1.29, 1.82) is 0 Å². The minimum absolute atomic E-state index is 0.174. The van der Waals surface area contributed by atoms with Crippen LogP contribution in [0, 0.1) is 0 Å². The average molecular weight is 290 g/mol. The number of rotatable bonds is 4. The molecule has 5 nitrogen and oxygen atoms in total. The van der Waals surface area contributed by atoms with E-state index in [1.165, 1.54) is 18.4 Å². The molecule has 2 heterocycles. The molecule has 1 atom stereocenters. The molecule has 0 saturated carbocycles. The Balaban J connectivity index is 1.67. The molecule has 21 heavy (non-hydrogen) atoms. The van der Waals surface area contributed by atoms with Crippen molar-refractivity contribution >= 4 is 11.8 Å². The zero-order valence-corrected chi connectivity index (χ0v) is 12.4. The number of cyclic esters (lactones) is 1. The second-order valence-electron chi connectivity index (χ2n) is 5.69. The molecule has 1 aromatic carbocycles. The number of nitrogens with zero attached hydrogens (tertiary/aromatic N) is 1. The lowest BCUT2D eigenvalue weighted by Gasteiger charge is -2.23. The third-order valence-electron chi connectivity index (χ3n) is 4.24. The normalized spacial score (nSPS) is 23.4. The molecule has 1 N–H and O–H groups in total. The number of carbonyl (C=O) groups is 1. The number of hydrogen-bond acceptors (Lipinski definition) is 4. The lowest BCUT2D eigenvalue weighted by molar-refractivity contribution is 0.0718. The summed E-state index contributed by atoms with van der Waals surface area (Å²) in [5, 5.41) is 3.38. The maximum Gasteiger partial charge on any atom is 0.414 e. The first kappa shape index (κ1) is 14.4. The first-order valence-corrected chi connectivity index (χ1v) is 7.55. The van der Waals surface area contributed by atoms with Crippen LogP contribution in [0.2, 0.25) is 0 Å². The zero-order valence-electron chi connectivity index (χ0n) is 12.4. The fraction of sp³-hybridized carbons (Fsp3) is 0.562. The summed E-state index contributed by atoms with van der Waals surface area (Å²) in [7, 11) is 1.62. The summed E-state index contributed by atoms with van der Waals surface area (Å²) in [4.78, 5) is 13.6. The third kappa shape index (κ3) is 3.19. The van der Waals surface area contributed by atoms with Crippen LogP contribution in [0.3, 0.4) is 0 Å². The van der Waals surface area contributed by atoms with Crippen LogP contribution >= 0.6 is 0 Å². The molecule has 1 unspecified atom stereocenters. The minimum atomic E-state index is -0.285. The summed E-state index contributed by atoms with van der Waals surface area (Å²) in [6.45, 7) is 3.17. The fourth-order valence-corrected chi connectivity index (χ4v) is 3.09. The maximum atomic E-state index is 11.9. The zero-order chi connectivity index (χ0) is 14.7. The van der Waals surface area contributed by atoms with E-state index in [9.17, 15) is 4.79 Å². The molecule has 0 aromatic heterocycles. The van der Waals surface area contributed by atoms with Gasteiger partial charge in [-0.05, 0) is 49.5 Å². The van der Waals surface area contributed by atoms with Gasteiger partial charge in [0.25, 0.3) is 0 Å². The monoisotopic (exact) mass is 290 g/mol. The Kier molecular flexibility index (Phi) is 4.41. The van der Waals surface area contributed by atoms with E-state index in [2.05, 4.69) is 17.4 Å². The molecule has 0 radical (unpaired) electrons. The molecule has 114 valence electrons. The molecular formula is C16H22N2O3. The number of ether oxygens (including phenoxy) is 2. The number of benzene rings is 1. The summed E-state index contributed by atoms with van der Waals surface area (Å²) >= 11 is 0. The van der Waals surface area contributed by atoms with Crippen LogP contribution in [0.15, 0.2) is 24.3 Å². The van der Waals surface area contributed by atoms with Crippen molar-refractivity contribution in [3.63, 3.8) is 0 Å². The van der Waals surface area contributed by atoms with Gasteiger partial charge in [-0.25, -0.2) is 4.79 Å². The molecule has 2 aliphatic heterocycles. The highest BCUT2D eigenvalue weighted by molar-refractivity contribution is 5.89. The predicted molar refractivity (Wildman–Crippen MR) is 80.8 cm³/mol. The van der Waals surface area contributed by atoms with Crippen molar-refractivity contribution in [2.24, 2.45) is 0 Å². The van der Waals surface area contributed by atoms with Crippen LogP contribution in [0.4, 0.5) is 10.5 Å². The molecular weight excluding hydrogens is 268 g/mol. The number of piperidine rings is 1. The number of amides is 1. The Morgan fingerprint density at radius 1 is 1.29 bits per heavy atom. The number of anilines is 1. The molecule has 0 spiro atoms. The third-order valence-corrected chi connectivity index (χ3v) is 4.24. The molecule has 2 fully saturated rings. The molecule has 3 rings (SSSR count). The number of methoxy groups -OCH3 is 1. The van der Waals surface area contributed by atoms with Crippen molar-refractivity contribution in [2.75, 3.05) is 38.3 Å². The van der Waals surface area contributed by atoms with Gasteiger partial charge in [0.15, 0.2) is 0 Å². The average Bonchev–Trinajstić information content (AvgIpc) is 2.89. The molecule has 0 aliphatic carbocycles. The first-order valence-electron chi connectivity index (χ1n) is 7.55. The highest BCUT2D eigenvalue weighted by Gasteiger charge is 2.32. The lowest BCUT2D eigenvalue weighted by Crippen LogP contribution is -2.27. The number of hydrogen-bond donors (Lipinski definition) is 1. The van der Waals surface area contributed by atoms with Gasteiger partial charge < -0.3 is 14.8 Å². The van der Waals surface area contributed by atoms with Gasteiger partial charge in [0.2, 0.25) is 0 Å². The van der Waals surface area contributed by atoms with E-state index in [-0.39, 0.29) is 12.2 Å². The van der Waals surface area contributed by atoms with Gasteiger partial charge in [-0.2, -0.15) is 0 Å². The second-order valence-corrected chi connectivity index (χ2v) is 5.69. The molecule has 2 saturated heterocycles. The predicted octanol–water partition coefficient (Wildman–Crippen LogP) is 2.13. The lowest BCUT2D eigenvalue weighted by atomic mass is 9.90. The standard InChI is InChI=1S/C16H22N2O3/c1-20-11-15-10-18(16(19)21-15)14-4-2-12(3-5-14)13-6-8-17-9-7-13/h2-5,13,15,17H,6-11H2,1H3.